The van der Waals surface area contributed by atoms with Crippen LogP contribution in [0.25, 0.3) is 0 Å². The van der Waals surface area contributed by atoms with Gasteiger partial charge in [0, 0.05) is 0 Å². The molecule has 0 spiro atoms. The number of hydrogen-bond donors (Lipinski definition) is 0. The lowest BCUT2D eigenvalue weighted by Gasteiger charge is -2.34. The largest absolute Gasteiger partial charge is 0.467 e. The number of esters is 1. The predicted octanol–water partition coefficient (Wildman–Crippen LogP) is 0.710. The first-order chi connectivity index (χ1) is 8.65. The number of amides is 2. The molecule has 2 atom stereocenters. The third-order valence-corrected chi connectivity index (χ3v) is 2.33. The van der Waals surface area contributed by atoms with Gasteiger partial charge in [0.25, 0.3) is 5.91 Å². The number of imide groups is 1. The van der Waals surface area contributed by atoms with Crippen LogP contribution in [-0.2, 0) is 23.8 Å². The van der Waals surface area contributed by atoms with Gasteiger partial charge in [0.2, 0.25) is 6.10 Å². The molecule has 7 heteroatoms. The third kappa shape index (κ3) is 3.92. The molecule has 7 nitrogen and oxygen atoms in total. The lowest BCUT2D eigenvalue weighted by molar-refractivity contribution is -0.176. The van der Waals surface area contributed by atoms with Crippen LogP contribution in [0.15, 0.2) is 0 Å². The molecule has 1 aliphatic rings. The van der Waals surface area contributed by atoms with Gasteiger partial charge in [-0.15, -0.1) is 0 Å². The van der Waals surface area contributed by atoms with Crippen molar-refractivity contribution in [3.8, 4) is 0 Å². The topological polar surface area (TPSA) is 82.1 Å². The fraction of sp³-hybridized carbons (Fsp3) is 0.750. The second-order valence-electron chi connectivity index (χ2n) is 5.28. The van der Waals surface area contributed by atoms with Crippen molar-refractivity contribution in [2.75, 3.05) is 13.7 Å². The summed E-state index contributed by atoms with van der Waals surface area (Å²) < 4.78 is 14.8. The van der Waals surface area contributed by atoms with Crippen LogP contribution >= 0.6 is 0 Å². The number of carbonyl (C=O) groups is 3. The Morgan fingerprint density at radius 3 is 2.42 bits per heavy atom. The zero-order valence-corrected chi connectivity index (χ0v) is 11.8. The Morgan fingerprint density at radius 2 is 1.95 bits per heavy atom. The third-order valence-electron chi connectivity index (χ3n) is 2.33. The highest BCUT2D eigenvalue weighted by atomic mass is 16.6. The fourth-order valence-electron chi connectivity index (χ4n) is 1.57. The van der Waals surface area contributed by atoms with Crippen LogP contribution in [-0.4, -0.2) is 54.3 Å². The molecule has 1 heterocycles. The van der Waals surface area contributed by atoms with Crippen molar-refractivity contribution >= 4 is 18.0 Å². The van der Waals surface area contributed by atoms with E-state index in [9.17, 15) is 14.4 Å². The normalized spacial score (nSPS) is 24.1. The maximum atomic E-state index is 12.0. The highest BCUT2D eigenvalue weighted by molar-refractivity contribution is 6.06. The Labute approximate surface area is 111 Å². The van der Waals surface area contributed by atoms with E-state index in [2.05, 4.69) is 4.74 Å². The highest BCUT2D eigenvalue weighted by Gasteiger charge is 2.43. The van der Waals surface area contributed by atoms with Crippen molar-refractivity contribution < 1.29 is 28.6 Å². The summed E-state index contributed by atoms with van der Waals surface area (Å²) >= 11 is 0. The summed E-state index contributed by atoms with van der Waals surface area (Å²) in [5.41, 5.74) is -0.723. The number of hydrogen-bond acceptors (Lipinski definition) is 6. The number of ether oxygens (including phenoxy) is 3. The summed E-state index contributed by atoms with van der Waals surface area (Å²) in [7, 11) is 1.15. The summed E-state index contributed by atoms with van der Waals surface area (Å²) in [6.45, 7) is 6.77. The van der Waals surface area contributed by atoms with Gasteiger partial charge in [-0.1, -0.05) is 0 Å². The van der Waals surface area contributed by atoms with E-state index in [1.807, 2.05) is 0 Å². The molecule has 0 aliphatic carbocycles. The summed E-state index contributed by atoms with van der Waals surface area (Å²) in [4.78, 5) is 36.2. The van der Waals surface area contributed by atoms with Crippen molar-refractivity contribution in [2.45, 2.75) is 45.5 Å². The van der Waals surface area contributed by atoms with E-state index in [1.165, 1.54) is 0 Å². The van der Waals surface area contributed by atoms with Gasteiger partial charge in [-0.3, -0.25) is 4.79 Å². The number of nitrogens with zero attached hydrogens (tertiary/aromatic N) is 1. The van der Waals surface area contributed by atoms with Gasteiger partial charge >= 0.3 is 12.1 Å². The van der Waals surface area contributed by atoms with Gasteiger partial charge in [0.1, 0.15) is 5.60 Å². The molecule has 0 saturated carbocycles. The molecular formula is C12H19NO6. The van der Waals surface area contributed by atoms with E-state index in [1.54, 1.807) is 27.7 Å². The summed E-state index contributed by atoms with van der Waals surface area (Å²) in [6.07, 6.45) is -2.67. The van der Waals surface area contributed by atoms with E-state index in [0.29, 0.717) is 0 Å². The fourth-order valence-corrected chi connectivity index (χ4v) is 1.57. The van der Waals surface area contributed by atoms with E-state index in [4.69, 9.17) is 9.47 Å². The number of rotatable bonds is 1. The van der Waals surface area contributed by atoms with Crippen LogP contribution in [0.2, 0.25) is 0 Å². The van der Waals surface area contributed by atoms with Gasteiger partial charge < -0.3 is 14.2 Å². The van der Waals surface area contributed by atoms with Crippen molar-refractivity contribution in [1.82, 2.24) is 4.90 Å². The molecule has 1 rings (SSSR count). The average molecular weight is 273 g/mol. The molecule has 0 aromatic rings. The van der Waals surface area contributed by atoms with Crippen molar-refractivity contribution in [3.63, 3.8) is 0 Å². The van der Waals surface area contributed by atoms with Crippen LogP contribution in [0.5, 0.6) is 0 Å². The molecule has 0 aromatic heterocycles. The zero-order valence-electron chi connectivity index (χ0n) is 11.8. The second kappa shape index (κ2) is 5.56. The number of carbonyl (C=O) groups excluding carboxylic acids is 3. The molecule has 2 amide bonds. The summed E-state index contributed by atoms with van der Waals surface area (Å²) in [6, 6.07) is 0. The van der Waals surface area contributed by atoms with Crippen LogP contribution < -0.4 is 0 Å². The smallest absolute Gasteiger partial charge is 0.417 e. The Bertz CT molecular complexity index is 386. The molecule has 2 unspecified atom stereocenters. The van der Waals surface area contributed by atoms with Gasteiger partial charge in [-0.05, 0) is 27.7 Å². The van der Waals surface area contributed by atoms with Gasteiger partial charge in [-0.2, -0.15) is 0 Å². The van der Waals surface area contributed by atoms with Crippen LogP contribution in [0.4, 0.5) is 4.79 Å². The van der Waals surface area contributed by atoms with E-state index >= 15 is 0 Å². The first kappa shape index (κ1) is 15.4. The Balaban J connectivity index is 2.85. The molecule has 1 saturated heterocycles. The van der Waals surface area contributed by atoms with Crippen LogP contribution in [0.1, 0.15) is 27.7 Å². The minimum atomic E-state index is -1.42. The van der Waals surface area contributed by atoms with Crippen molar-refractivity contribution in [2.24, 2.45) is 0 Å². The molecule has 0 bridgehead atoms. The maximum absolute atomic E-state index is 12.0. The van der Waals surface area contributed by atoms with Gasteiger partial charge in [0.05, 0.1) is 19.8 Å². The monoisotopic (exact) mass is 273 g/mol. The first-order valence-corrected chi connectivity index (χ1v) is 5.93. The lowest BCUT2D eigenvalue weighted by Crippen LogP contribution is -2.57. The summed E-state index contributed by atoms with van der Waals surface area (Å²) in [5.74, 6) is -1.59. The SMILES string of the molecule is COC(=O)C1OC(C)CN(C(=O)OC(C)(C)C)C1=O. The van der Waals surface area contributed by atoms with Crippen molar-refractivity contribution in [3.05, 3.63) is 0 Å². The number of methoxy groups -OCH3 is 1. The van der Waals surface area contributed by atoms with E-state index < -0.39 is 35.8 Å². The second-order valence-corrected chi connectivity index (χ2v) is 5.28. The molecule has 1 aliphatic heterocycles. The Morgan fingerprint density at radius 1 is 1.37 bits per heavy atom. The predicted molar refractivity (Wildman–Crippen MR) is 64.3 cm³/mol. The molecule has 0 radical (unpaired) electrons. The standard InChI is InChI=1S/C12H19NO6/c1-7-6-13(11(16)19-12(2,3)4)9(14)8(18-7)10(15)17-5/h7-8H,6H2,1-5H3. The number of morpholine rings is 1. The van der Waals surface area contributed by atoms with Gasteiger partial charge in [0.15, 0.2) is 0 Å². The minimum Gasteiger partial charge on any atom is -0.467 e. The van der Waals surface area contributed by atoms with Gasteiger partial charge in [-0.25, -0.2) is 14.5 Å². The van der Waals surface area contributed by atoms with E-state index in [-0.39, 0.29) is 6.54 Å². The molecular weight excluding hydrogens is 254 g/mol. The summed E-state index contributed by atoms with van der Waals surface area (Å²) in [5, 5.41) is 0. The molecule has 1 fully saturated rings. The highest BCUT2D eigenvalue weighted by Crippen LogP contribution is 2.17. The molecule has 0 aromatic carbocycles. The zero-order chi connectivity index (χ0) is 14.8. The van der Waals surface area contributed by atoms with E-state index in [0.717, 1.165) is 12.0 Å². The Kier molecular flexibility index (Phi) is 4.52. The van der Waals surface area contributed by atoms with Crippen molar-refractivity contribution in [1.29, 1.82) is 0 Å². The van der Waals surface area contributed by atoms with Crippen LogP contribution in [0, 0.1) is 0 Å². The molecule has 19 heavy (non-hydrogen) atoms. The average Bonchev–Trinajstić information content (AvgIpc) is 2.28. The lowest BCUT2D eigenvalue weighted by atomic mass is 10.2. The van der Waals surface area contributed by atoms with Crippen LogP contribution in [0.3, 0.4) is 0 Å². The molecule has 0 N–H and O–H groups in total. The molecule has 108 valence electrons. The maximum Gasteiger partial charge on any atom is 0.417 e. The quantitative estimate of drug-likeness (QED) is 0.517. The first-order valence-electron chi connectivity index (χ1n) is 5.93. The minimum absolute atomic E-state index is 0.0429. The Hall–Kier alpha value is -1.63.